The van der Waals surface area contributed by atoms with Crippen LogP contribution in [0.4, 0.5) is 0 Å². The van der Waals surface area contributed by atoms with Crippen molar-refractivity contribution in [2.45, 2.75) is 72.4 Å². The molecule has 0 bridgehead atoms. The van der Waals surface area contributed by atoms with Crippen molar-refractivity contribution in [1.82, 2.24) is 20.9 Å². The number of hydrogen-bond donors (Lipinski definition) is 3. The molecule has 25 heavy (non-hydrogen) atoms. The smallest absolute Gasteiger partial charge is 0.242 e. The Hall–Kier alpha value is -1.30. The van der Waals surface area contributed by atoms with Crippen LogP contribution in [0.25, 0.3) is 0 Å². The first kappa shape index (κ1) is 21.7. The molecule has 1 aliphatic rings. The molecule has 1 fully saturated rings. The summed E-state index contributed by atoms with van der Waals surface area (Å²) in [5.41, 5.74) is -0.177. The molecule has 0 aromatic heterocycles. The number of carbonyl (C=O) groups is 1. The van der Waals surface area contributed by atoms with Crippen molar-refractivity contribution >= 4 is 11.9 Å². The van der Waals surface area contributed by atoms with E-state index in [1.807, 2.05) is 27.7 Å². The third-order valence-electron chi connectivity index (χ3n) is 4.44. The summed E-state index contributed by atoms with van der Waals surface area (Å²) < 4.78 is 0. The highest BCUT2D eigenvalue weighted by molar-refractivity contribution is 5.85. The topological polar surface area (TPSA) is 68.8 Å². The van der Waals surface area contributed by atoms with Gasteiger partial charge >= 0.3 is 0 Å². The minimum Gasteiger partial charge on any atom is -0.357 e. The number of piperidine rings is 1. The zero-order valence-corrected chi connectivity index (χ0v) is 17.3. The first-order valence-electron chi connectivity index (χ1n) is 9.62. The minimum atomic E-state index is -0.231. The van der Waals surface area contributed by atoms with Gasteiger partial charge in [0, 0.05) is 30.7 Å². The summed E-state index contributed by atoms with van der Waals surface area (Å²) in [6.07, 6.45) is 2.60. The molecular formula is C19H39N5O. The van der Waals surface area contributed by atoms with Crippen LogP contribution in [0, 0.1) is 5.92 Å². The van der Waals surface area contributed by atoms with E-state index in [4.69, 9.17) is 0 Å². The molecular weight excluding hydrogens is 314 g/mol. The predicted octanol–water partition coefficient (Wildman–Crippen LogP) is 1.97. The maximum Gasteiger partial charge on any atom is 0.242 e. The largest absolute Gasteiger partial charge is 0.357 e. The van der Waals surface area contributed by atoms with Crippen molar-refractivity contribution in [3.63, 3.8) is 0 Å². The van der Waals surface area contributed by atoms with Crippen molar-refractivity contribution in [2.75, 3.05) is 32.7 Å². The van der Waals surface area contributed by atoms with Crippen molar-refractivity contribution in [2.24, 2.45) is 10.9 Å². The highest BCUT2D eigenvalue weighted by atomic mass is 16.2. The maximum absolute atomic E-state index is 12.0. The van der Waals surface area contributed by atoms with Gasteiger partial charge in [-0.3, -0.25) is 9.69 Å². The van der Waals surface area contributed by atoms with E-state index in [1.165, 1.54) is 12.8 Å². The van der Waals surface area contributed by atoms with Crippen molar-refractivity contribution in [3.05, 3.63) is 0 Å². The number of likely N-dealkylation sites (tertiary alicyclic amines) is 1. The van der Waals surface area contributed by atoms with E-state index < -0.39 is 0 Å². The van der Waals surface area contributed by atoms with Crippen LogP contribution in [0.5, 0.6) is 0 Å². The molecule has 1 unspecified atom stereocenters. The molecule has 6 nitrogen and oxygen atoms in total. The fourth-order valence-corrected chi connectivity index (χ4v) is 3.10. The quantitative estimate of drug-likeness (QED) is 0.504. The van der Waals surface area contributed by atoms with Crippen molar-refractivity contribution < 1.29 is 4.79 Å². The molecule has 0 saturated carbocycles. The lowest BCUT2D eigenvalue weighted by Gasteiger charge is -2.43. The zero-order chi connectivity index (χ0) is 19.1. The number of aliphatic imine (C=N–C) groups is 1. The molecule has 0 radical (unpaired) electrons. The Labute approximate surface area is 154 Å². The summed E-state index contributed by atoms with van der Waals surface area (Å²) in [5.74, 6) is 1.40. The minimum absolute atomic E-state index is 0.0541. The maximum atomic E-state index is 12.0. The number of carbonyl (C=O) groups excluding carboxylic acids is 1. The zero-order valence-electron chi connectivity index (χ0n) is 17.3. The van der Waals surface area contributed by atoms with Crippen LogP contribution in [0.2, 0.25) is 0 Å². The van der Waals surface area contributed by atoms with Crippen LogP contribution in [-0.2, 0) is 4.79 Å². The van der Waals surface area contributed by atoms with Gasteiger partial charge in [0.15, 0.2) is 5.96 Å². The van der Waals surface area contributed by atoms with Gasteiger partial charge in [0.25, 0.3) is 0 Å². The Morgan fingerprint density at radius 3 is 2.44 bits per heavy atom. The highest BCUT2D eigenvalue weighted by Gasteiger charge is 2.30. The van der Waals surface area contributed by atoms with Gasteiger partial charge in [-0.1, -0.05) is 6.92 Å². The Morgan fingerprint density at radius 1 is 1.20 bits per heavy atom. The highest BCUT2D eigenvalue weighted by Crippen LogP contribution is 2.23. The average Bonchev–Trinajstić information content (AvgIpc) is 2.48. The fourth-order valence-electron chi connectivity index (χ4n) is 3.10. The van der Waals surface area contributed by atoms with E-state index in [0.717, 1.165) is 32.1 Å². The molecule has 1 atom stereocenters. The molecule has 3 N–H and O–H groups in total. The average molecular weight is 354 g/mol. The van der Waals surface area contributed by atoms with Crippen LogP contribution in [-0.4, -0.2) is 60.6 Å². The van der Waals surface area contributed by atoms with Crippen LogP contribution in [0.1, 0.15) is 61.3 Å². The Kier molecular flexibility index (Phi) is 8.19. The van der Waals surface area contributed by atoms with E-state index in [1.54, 1.807) is 0 Å². The van der Waals surface area contributed by atoms with Crippen LogP contribution in [0.15, 0.2) is 4.99 Å². The molecule has 1 aliphatic heterocycles. The van der Waals surface area contributed by atoms with E-state index in [9.17, 15) is 4.79 Å². The van der Waals surface area contributed by atoms with E-state index in [2.05, 4.69) is 46.6 Å². The van der Waals surface area contributed by atoms with Crippen LogP contribution < -0.4 is 16.0 Å². The number of nitrogens with zero attached hydrogens (tertiary/aromatic N) is 2. The second-order valence-electron chi connectivity index (χ2n) is 8.85. The Balaban J connectivity index is 2.58. The van der Waals surface area contributed by atoms with E-state index in [-0.39, 0.29) is 23.5 Å². The summed E-state index contributed by atoms with van der Waals surface area (Å²) in [7, 11) is 0. The third kappa shape index (κ3) is 8.56. The van der Waals surface area contributed by atoms with Crippen molar-refractivity contribution in [3.8, 4) is 0 Å². The molecule has 146 valence electrons. The lowest BCUT2D eigenvalue weighted by Crippen LogP contribution is -2.56. The second-order valence-corrected chi connectivity index (χ2v) is 8.85. The van der Waals surface area contributed by atoms with Gasteiger partial charge in [-0.15, -0.1) is 0 Å². The molecule has 0 spiro atoms. The molecule has 1 amide bonds. The lowest BCUT2D eigenvalue weighted by atomic mass is 9.93. The normalized spacial score (nSPS) is 20.3. The lowest BCUT2D eigenvalue weighted by molar-refractivity contribution is -0.121. The number of guanidine groups is 1. The van der Waals surface area contributed by atoms with Crippen LogP contribution in [0.3, 0.4) is 0 Å². The Morgan fingerprint density at radius 2 is 1.88 bits per heavy atom. The van der Waals surface area contributed by atoms with Crippen LogP contribution >= 0.6 is 0 Å². The van der Waals surface area contributed by atoms with Gasteiger partial charge in [-0.05, 0) is 66.8 Å². The van der Waals surface area contributed by atoms with E-state index >= 15 is 0 Å². The number of rotatable bonds is 6. The number of hydrogen-bond acceptors (Lipinski definition) is 3. The van der Waals surface area contributed by atoms with Gasteiger partial charge < -0.3 is 16.0 Å². The standard InChI is InChI=1S/C19H39N5O/c1-8-20-17(21-12-16(25)23-18(3,4)5)22-14-19(6,7)24-11-9-10-15(2)13-24/h15H,8-14H2,1-7H3,(H,23,25)(H2,20,21,22). The second kappa shape index (κ2) is 9.41. The summed E-state index contributed by atoms with van der Waals surface area (Å²) >= 11 is 0. The molecule has 6 heteroatoms. The molecule has 0 aromatic carbocycles. The monoisotopic (exact) mass is 353 g/mol. The van der Waals surface area contributed by atoms with E-state index in [0.29, 0.717) is 5.96 Å². The van der Waals surface area contributed by atoms with Gasteiger partial charge in [-0.2, -0.15) is 0 Å². The van der Waals surface area contributed by atoms with Gasteiger partial charge in [0.05, 0.1) is 0 Å². The summed E-state index contributed by atoms with van der Waals surface area (Å²) in [6.45, 7) is 18.8. The summed E-state index contributed by atoms with van der Waals surface area (Å²) in [5, 5.41) is 9.57. The fraction of sp³-hybridized carbons (Fsp3) is 0.895. The molecule has 1 saturated heterocycles. The molecule has 1 rings (SSSR count). The van der Waals surface area contributed by atoms with Crippen molar-refractivity contribution in [1.29, 1.82) is 0 Å². The summed E-state index contributed by atoms with van der Waals surface area (Å²) in [4.78, 5) is 19.0. The molecule has 1 heterocycles. The van der Waals surface area contributed by atoms with Gasteiger partial charge in [-0.25, -0.2) is 4.99 Å². The SMILES string of the molecule is CCNC(=NCC(=O)NC(C)(C)C)NCC(C)(C)N1CCCC(C)C1. The molecule has 0 aliphatic carbocycles. The number of amides is 1. The van der Waals surface area contributed by atoms with Gasteiger partial charge in [0.2, 0.25) is 5.91 Å². The third-order valence-corrected chi connectivity index (χ3v) is 4.44. The molecule has 0 aromatic rings. The summed E-state index contributed by atoms with van der Waals surface area (Å²) in [6, 6.07) is 0. The first-order chi connectivity index (χ1) is 11.5. The van der Waals surface area contributed by atoms with Gasteiger partial charge in [0.1, 0.15) is 6.54 Å². The first-order valence-corrected chi connectivity index (χ1v) is 9.62. The Bertz CT molecular complexity index is 453. The predicted molar refractivity (Wildman–Crippen MR) is 106 cm³/mol. The number of nitrogens with one attached hydrogen (secondary N) is 3.